The molecule has 0 aliphatic rings. The number of hydrogen-bond acceptors (Lipinski definition) is 5. The van der Waals surface area contributed by atoms with Gasteiger partial charge in [0, 0.05) is 11.8 Å². The van der Waals surface area contributed by atoms with E-state index in [2.05, 4.69) is 20.4 Å². The van der Waals surface area contributed by atoms with Crippen molar-refractivity contribution < 1.29 is 13.7 Å². The molecule has 0 saturated carbocycles. The fraction of sp³-hybridized carbons (Fsp3) is 0.0476. The Morgan fingerprint density at radius 1 is 1.14 bits per heavy atom. The van der Waals surface area contributed by atoms with E-state index in [1.54, 1.807) is 18.3 Å². The van der Waals surface area contributed by atoms with E-state index in [1.165, 1.54) is 18.5 Å². The van der Waals surface area contributed by atoms with Crippen molar-refractivity contribution in [2.45, 2.75) is 6.42 Å². The highest BCUT2D eigenvalue weighted by molar-refractivity contribution is 6.30. The smallest absolute Gasteiger partial charge is 0.241 e. The van der Waals surface area contributed by atoms with Crippen LogP contribution in [0, 0.1) is 5.82 Å². The van der Waals surface area contributed by atoms with Crippen LogP contribution in [0.4, 0.5) is 10.3 Å². The fourth-order valence-corrected chi connectivity index (χ4v) is 2.96. The van der Waals surface area contributed by atoms with E-state index in [0.717, 1.165) is 5.56 Å². The second-order valence-corrected chi connectivity index (χ2v) is 6.58. The summed E-state index contributed by atoms with van der Waals surface area (Å²) in [6.07, 6.45) is 3.08. The summed E-state index contributed by atoms with van der Waals surface area (Å²) in [6, 6.07) is 15.2. The van der Waals surface area contributed by atoms with E-state index in [1.807, 2.05) is 30.3 Å². The molecule has 0 radical (unpaired) electrons. The highest BCUT2D eigenvalue weighted by Gasteiger charge is 2.23. The van der Waals surface area contributed by atoms with Crippen molar-refractivity contribution in [1.82, 2.24) is 15.1 Å². The molecular formula is C21H14ClFN4O2. The molecule has 2 heterocycles. The lowest BCUT2D eigenvalue weighted by atomic mass is 10.0. The molecule has 0 saturated heterocycles. The minimum absolute atomic E-state index is 0.00258. The van der Waals surface area contributed by atoms with Crippen LogP contribution < -0.4 is 5.32 Å². The van der Waals surface area contributed by atoms with Crippen molar-refractivity contribution in [3.63, 3.8) is 0 Å². The van der Waals surface area contributed by atoms with Gasteiger partial charge in [0.1, 0.15) is 17.8 Å². The van der Waals surface area contributed by atoms with Crippen LogP contribution in [0.2, 0.25) is 5.02 Å². The fourth-order valence-electron chi connectivity index (χ4n) is 2.84. The SMILES string of the molecule is O=C(Cc1ccccc1)Nc1onc(-c2ccc(Cl)c(F)c2)c1-c1ccncn1. The molecule has 0 atom stereocenters. The van der Waals surface area contributed by atoms with Gasteiger partial charge in [-0.1, -0.05) is 53.2 Å². The molecule has 0 bridgehead atoms. The lowest BCUT2D eigenvalue weighted by Crippen LogP contribution is -2.14. The Balaban J connectivity index is 1.71. The van der Waals surface area contributed by atoms with Gasteiger partial charge in [-0.15, -0.1) is 0 Å². The summed E-state index contributed by atoms with van der Waals surface area (Å²) in [7, 11) is 0. The Kier molecular flexibility index (Phi) is 5.31. The zero-order valence-electron chi connectivity index (χ0n) is 15.0. The minimum Gasteiger partial charge on any atom is -0.337 e. The summed E-state index contributed by atoms with van der Waals surface area (Å²) in [5.74, 6) is -0.748. The molecule has 0 unspecified atom stereocenters. The second-order valence-electron chi connectivity index (χ2n) is 6.17. The molecule has 0 fully saturated rings. The number of carbonyl (C=O) groups is 1. The van der Waals surface area contributed by atoms with Gasteiger partial charge >= 0.3 is 0 Å². The topological polar surface area (TPSA) is 80.9 Å². The first-order valence-corrected chi connectivity index (χ1v) is 9.05. The highest BCUT2D eigenvalue weighted by atomic mass is 35.5. The number of nitrogens with one attached hydrogen (secondary N) is 1. The maximum atomic E-state index is 14.0. The Labute approximate surface area is 170 Å². The van der Waals surface area contributed by atoms with Crippen molar-refractivity contribution in [3.05, 3.63) is 83.5 Å². The molecule has 1 N–H and O–H groups in total. The van der Waals surface area contributed by atoms with Crippen LogP contribution >= 0.6 is 11.6 Å². The lowest BCUT2D eigenvalue weighted by Gasteiger charge is -2.06. The normalized spacial score (nSPS) is 10.7. The van der Waals surface area contributed by atoms with Crippen LogP contribution in [0.5, 0.6) is 0 Å². The molecule has 29 heavy (non-hydrogen) atoms. The van der Waals surface area contributed by atoms with Gasteiger partial charge in [-0.2, -0.15) is 0 Å². The van der Waals surface area contributed by atoms with E-state index in [-0.39, 0.29) is 23.2 Å². The molecule has 0 aliphatic heterocycles. The van der Waals surface area contributed by atoms with Gasteiger partial charge in [-0.05, 0) is 23.8 Å². The van der Waals surface area contributed by atoms with E-state index in [9.17, 15) is 9.18 Å². The molecular weight excluding hydrogens is 395 g/mol. The van der Waals surface area contributed by atoms with Crippen LogP contribution in [0.15, 0.2) is 71.6 Å². The number of hydrogen-bond donors (Lipinski definition) is 1. The summed E-state index contributed by atoms with van der Waals surface area (Å²) in [5.41, 5.74) is 2.52. The molecule has 2 aromatic heterocycles. The molecule has 2 aromatic carbocycles. The van der Waals surface area contributed by atoms with Crippen molar-refractivity contribution in [2.24, 2.45) is 0 Å². The molecule has 8 heteroatoms. The highest BCUT2D eigenvalue weighted by Crippen LogP contribution is 2.37. The van der Waals surface area contributed by atoms with E-state index >= 15 is 0 Å². The Morgan fingerprint density at radius 3 is 2.69 bits per heavy atom. The van der Waals surface area contributed by atoms with E-state index in [0.29, 0.717) is 22.5 Å². The average Bonchev–Trinajstić information content (AvgIpc) is 3.14. The number of nitrogens with zero attached hydrogens (tertiary/aromatic N) is 3. The van der Waals surface area contributed by atoms with Gasteiger partial charge in [0.15, 0.2) is 0 Å². The second kappa shape index (κ2) is 8.20. The molecule has 0 aliphatic carbocycles. The van der Waals surface area contributed by atoms with E-state index < -0.39 is 5.82 Å². The zero-order valence-corrected chi connectivity index (χ0v) is 15.7. The Bertz CT molecular complexity index is 1150. The summed E-state index contributed by atoms with van der Waals surface area (Å²) in [4.78, 5) is 20.6. The quantitative estimate of drug-likeness (QED) is 0.514. The van der Waals surface area contributed by atoms with E-state index in [4.69, 9.17) is 16.1 Å². The lowest BCUT2D eigenvalue weighted by molar-refractivity contribution is -0.115. The predicted octanol–water partition coefficient (Wildman–Crippen LogP) is 4.77. The molecule has 1 amide bonds. The van der Waals surface area contributed by atoms with Crippen molar-refractivity contribution >= 4 is 23.4 Å². The third-order valence-electron chi connectivity index (χ3n) is 4.18. The minimum atomic E-state index is -0.588. The summed E-state index contributed by atoms with van der Waals surface area (Å²) < 4.78 is 19.4. The largest absolute Gasteiger partial charge is 0.337 e. The maximum absolute atomic E-state index is 14.0. The summed E-state index contributed by atoms with van der Waals surface area (Å²) in [6.45, 7) is 0. The first-order valence-electron chi connectivity index (χ1n) is 8.67. The first-order chi connectivity index (χ1) is 14.1. The number of carbonyl (C=O) groups excluding carboxylic acids is 1. The maximum Gasteiger partial charge on any atom is 0.241 e. The van der Waals surface area contributed by atoms with Crippen molar-refractivity contribution in [1.29, 1.82) is 0 Å². The monoisotopic (exact) mass is 408 g/mol. The number of benzene rings is 2. The Morgan fingerprint density at radius 2 is 1.97 bits per heavy atom. The third kappa shape index (κ3) is 4.14. The summed E-state index contributed by atoms with van der Waals surface area (Å²) in [5, 5.41) is 6.76. The average molecular weight is 409 g/mol. The van der Waals surface area contributed by atoms with Gasteiger partial charge in [-0.25, -0.2) is 14.4 Å². The standard InChI is InChI=1S/C21H14ClFN4O2/c22-15-7-6-14(11-16(15)23)20-19(17-8-9-24-12-25-17)21(29-27-20)26-18(28)10-13-4-2-1-3-5-13/h1-9,11-12H,10H2,(H,26,28). The first kappa shape index (κ1) is 18.8. The summed E-state index contributed by atoms with van der Waals surface area (Å²) >= 11 is 5.78. The predicted molar refractivity (Wildman–Crippen MR) is 107 cm³/mol. The molecule has 0 spiro atoms. The molecule has 144 valence electrons. The number of anilines is 1. The van der Waals surface area contributed by atoms with Gasteiger partial charge in [0.2, 0.25) is 11.8 Å². The molecule has 4 rings (SSSR count). The van der Waals surface area contributed by atoms with Crippen LogP contribution in [0.1, 0.15) is 5.56 Å². The zero-order chi connectivity index (χ0) is 20.2. The third-order valence-corrected chi connectivity index (χ3v) is 4.49. The van der Waals surface area contributed by atoms with Crippen molar-refractivity contribution in [3.8, 4) is 22.5 Å². The van der Waals surface area contributed by atoms with Gasteiger partial charge in [-0.3, -0.25) is 10.1 Å². The van der Waals surface area contributed by atoms with Crippen LogP contribution in [0.25, 0.3) is 22.5 Å². The Hall–Kier alpha value is -3.58. The molecule has 4 aromatic rings. The number of rotatable bonds is 5. The number of aromatic nitrogens is 3. The number of amides is 1. The van der Waals surface area contributed by atoms with Crippen LogP contribution in [-0.4, -0.2) is 21.0 Å². The van der Waals surface area contributed by atoms with Crippen LogP contribution in [0.3, 0.4) is 0 Å². The van der Waals surface area contributed by atoms with Gasteiger partial charge < -0.3 is 4.52 Å². The van der Waals surface area contributed by atoms with Gasteiger partial charge in [0.05, 0.1) is 22.7 Å². The molecule has 6 nitrogen and oxygen atoms in total. The number of halogens is 2. The van der Waals surface area contributed by atoms with Crippen molar-refractivity contribution in [2.75, 3.05) is 5.32 Å². The van der Waals surface area contributed by atoms with Gasteiger partial charge in [0.25, 0.3) is 0 Å². The van der Waals surface area contributed by atoms with Crippen LogP contribution in [-0.2, 0) is 11.2 Å².